The largest absolute Gasteiger partial charge is 0.389 e. The van der Waals surface area contributed by atoms with E-state index in [-0.39, 0.29) is 5.82 Å². The molecule has 19 heavy (non-hydrogen) atoms. The molecule has 0 amide bonds. The third kappa shape index (κ3) is 3.09. The molecule has 0 aliphatic heterocycles. The van der Waals surface area contributed by atoms with Crippen molar-refractivity contribution < 1.29 is 9.50 Å². The first-order chi connectivity index (χ1) is 9.11. The highest BCUT2D eigenvalue weighted by atomic mass is 19.1. The minimum absolute atomic E-state index is 0.275. The van der Waals surface area contributed by atoms with Gasteiger partial charge in [0.05, 0.1) is 6.10 Å². The van der Waals surface area contributed by atoms with Gasteiger partial charge in [0.1, 0.15) is 11.6 Å². The molecule has 0 unspecified atom stereocenters. The van der Waals surface area contributed by atoms with Crippen molar-refractivity contribution in [2.75, 3.05) is 11.4 Å². The summed E-state index contributed by atoms with van der Waals surface area (Å²) in [5, 5.41) is 9.61. The van der Waals surface area contributed by atoms with Crippen LogP contribution in [0.2, 0.25) is 0 Å². The number of aliphatic hydroxyl groups is 1. The van der Waals surface area contributed by atoms with Crippen LogP contribution in [-0.2, 0) is 0 Å². The van der Waals surface area contributed by atoms with Gasteiger partial charge >= 0.3 is 0 Å². The maximum Gasteiger partial charge on any atom is 0.133 e. The zero-order chi connectivity index (χ0) is 13.8. The average Bonchev–Trinajstić information content (AvgIpc) is 2.40. The van der Waals surface area contributed by atoms with Gasteiger partial charge in [0.15, 0.2) is 0 Å². The van der Waals surface area contributed by atoms with E-state index in [1.165, 1.54) is 12.1 Å². The van der Waals surface area contributed by atoms with E-state index in [4.69, 9.17) is 0 Å². The topological polar surface area (TPSA) is 36.4 Å². The predicted molar refractivity (Wildman–Crippen MR) is 74.0 cm³/mol. The second-order valence-corrected chi connectivity index (χ2v) is 4.35. The lowest BCUT2D eigenvalue weighted by molar-refractivity contribution is 0.199. The number of benzene rings is 1. The number of nitrogens with zero attached hydrogens (tertiary/aromatic N) is 2. The molecule has 0 saturated carbocycles. The maximum atomic E-state index is 13.3. The number of hydrogen-bond donors (Lipinski definition) is 1. The molecule has 0 spiro atoms. The van der Waals surface area contributed by atoms with Crippen molar-refractivity contribution in [2.45, 2.75) is 20.0 Å². The summed E-state index contributed by atoms with van der Waals surface area (Å²) in [6.07, 6.45) is 1.10. The number of halogens is 1. The second-order valence-electron chi connectivity index (χ2n) is 4.35. The minimum atomic E-state index is -0.548. The Morgan fingerprint density at radius 3 is 2.74 bits per heavy atom. The van der Waals surface area contributed by atoms with Crippen LogP contribution in [0.25, 0.3) is 0 Å². The lowest BCUT2D eigenvalue weighted by Gasteiger charge is -2.23. The molecule has 100 valence electrons. The standard InChI is InChI=1S/C15H17FN2O/c1-3-18(14-6-4-5-13(16)10-14)15-9-12(11(2)19)7-8-17-15/h4-11,19H,3H2,1-2H3/t11-/m0/s1. The third-order valence-corrected chi connectivity index (χ3v) is 2.96. The van der Waals surface area contributed by atoms with Crippen molar-refractivity contribution in [3.8, 4) is 0 Å². The lowest BCUT2D eigenvalue weighted by Crippen LogP contribution is -2.17. The van der Waals surface area contributed by atoms with Crippen LogP contribution in [0.3, 0.4) is 0 Å². The number of pyridine rings is 1. The van der Waals surface area contributed by atoms with Crippen LogP contribution in [0.15, 0.2) is 42.6 Å². The number of rotatable bonds is 4. The van der Waals surface area contributed by atoms with Gasteiger partial charge in [-0.15, -0.1) is 0 Å². The van der Waals surface area contributed by atoms with E-state index in [2.05, 4.69) is 4.98 Å². The molecule has 1 heterocycles. The summed E-state index contributed by atoms with van der Waals surface area (Å²) in [6.45, 7) is 4.35. The molecular weight excluding hydrogens is 243 g/mol. The van der Waals surface area contributed by atoms with Gasteiger partial charge in [0.25, 0.3) is 0 Å². The molecule has 3 nitrogen and oxygen atoms in total. The van der Waals surface area contributed by atoms with Crippen LogP contribution in [0, 0.1) is 5.82 Å². The molecule has 1 N–H and O–H groups in total. The van der Waals surface area contributed by atoms with Gasteiger partial charge in [0.2, 0.25) is 0 Å². The summed E-state index contributed by atoms with van der Waals surface area (Å²) in [5.74, 6) is 0.425. The van der Waals surface area contributed by atoms with Gasteiger partial charge in [0, 0.05) is 18.4 Å². The van der Waals surface area contributed by atoms with Gasteiger partial charge < -0.3 is 10.0 Å². The maximum absolute atomic E-state index is 13.3. The molecule has 2 aromatic rings. The molecule has 1 aromatic heterocycles. The van der Waals surface area contributed by atoms with Crippen molar-refractivity contribution in [3.05, 3.63) is 54.0 Å². The van der Waals surface area contributed by atoms with E-state index < -0.39 is 6.10 Å². The minimum Gasteiger partial charge on any atom is -0.389 e. The van der Waals surface area contributed by atoms with Gasteiger partial charge in [-0.3, -0.25) is 0 Å². The molecule has 0 fully saturated rings. The number of hydrogen-bond acceptors (Lipinski definition) is 3. The summed E-state index contributed by atoms with van der Waals surface area (Å²) >= 11 is 0. The first-order valence-corrected chi connectivity index (χ1v) is 6.29. The smallest absolute Gasteiger partial charge is 0.133 e. The first-order valence-electron chi connectivity index (χ1n) is 6.29. The van der Waals surface area contributed by atoms with Gasteiger partial charge in [-0.2, -0.15) is 0 Å². The summed E-state index contributed by atoms with van der Waals surface area (Å²) in [7, 11) is 0. The lowest BCUT2D eigenvalue weighted by atomic mass is 10.1. The fourth-order valence-corrected chi connectivity index (χ4v) is 1.96. The van der Waals surface area contributed by atoms with Crippen LogP contribution >= 0.6 is 0 Å². The Kier molecular flexibility index (Phi) is 4.12. The summed E-state index contributed by atoms with van der Waals surface area (Å²) in [4.78, 5) is 6.19. The quantitative estimate of drug-likeness (QED) is 0.915. The van der Waals surface area contributed by atoms with Crippen LogP contribution in [0.4, 0.5) is 15.9 Å². The first kappa shape index (κ1) is 13.5. The summed E-state index contributed by atoms with van der Waals surface area (Å²) < 4.78 is 13.3. The Bertz CT molecular complexity index is 557. The molecule has 0 aliphatic rings. The molecule has 0 bridgehead atoms. The average molecular weight is 260 g/mol. The molecule has 0 radical (unpaired) electrons. The Morgan fingerprint density at radius 2 is 2.11 bits per heavy atom. The zero-order valence-electron chi connectivity index (χ0n) is 11.0. The SMILES string of the molecule is CCN(c1cccc(F)c1)c1cc([C@H](C)O)ccn1. The van der Waals surface area contributed by atoms with Crippen LogP contribution in [0.1, 0.15) is 25.5 Å². The third-order valence-electron chi connectivity index (χ3n) is 2.96. The van der Waals surface area contributed by atoms with Crippen LogP contribution in [-0.4, -0.2) is 16.6 Å². The predicted octanol–water partition coefficient (Wildman–Crippen LogP) is 3.43. The number of anilines is 2. The van der Waals surface area contributed by atoms with Crippen molar-refractivity contribution >= 4 is 11.5 Å². The summed E-state index contributed by atoms with van der Waals surface area (Å²) in [5.41, 5.74) is 1.54. The number of aliphatic hydroxyl groups excluding tert-OH is 1. The highest BCUT2D eigenvalue weighted by molar-refractivity contribution is 5.60. The molecule has 0 aliphatic carbocycles. The van der Waals surface area contributed by atoms with E-state index in [1.54, 1.807) is 25.3 Å². The monoisotopic (exact) mass is 260 g/mol. The van der Waals surface area contributed by atoms with Crippen molar-refractivity contribution in [1.29, 1.82) is 0 Å². The highest BCUT2D eigenvalue weighted by Crippen LogP contribution is 2.25. The van der Waals surface area contributed by atoms with E-state index in [0.717, 1.165) is 11.3 Å². The molecular formula is C15H17FN2O. The molecule has 1 aromatic carbocycles. The molecule has 1 atom stereocenters. The Balaban J connectivity index is 2.39. The van der Waals surface area contributed by atoms with Crippen molar-refractivity contribution in [3.63, 3.8) is 0 Å². The van der Waals surface area contributed by atoms with Crippen LogP contribution in [0.5, 0.6) is 0 Å². The summed E-state index contributed by atoms with van der Waals surface area (Å²) in [6, 6.07) is 9.99. The van der Waals surface area contributed by atoms with Crippen LogP contribution < -0.4 is 4.90 Å². The normalized spacial score (nSPS) is 12.2. The fourth-order valence-electron chi connectivity index (χ4n) is 1.96. The highest BCUT2D eigenvalue weighted by Gasteiger charge is 2.11. The Labute approximate surface area is 112 Å². The Hall–Kier alpha value is -1.94. The van der Waals surface area contributed by atoms with E-state index in [0.29, 0.717) is 12.4 Å². The van der Waals surface area contributed by atoms with E-state index in [9.17, 15) is 9.50 Å². The van der Waals surface area contributed by atoms with Crippen molar-refractivity contribution in [1.82, 2.24) is 4.98 Å². The Morgan fingerprint density at radius 1 is 1.32 bits per heavy atom. The molecule has 2 rings (SSSR count). The second kappa shape index (κ2) is 5.80. The van der Waals surface area contributed by atoms with Gasteiger partial charge in [-0.05, 0) is 49.7 Å². The van der Waals surface area contributed by atoms with Gasteiger partial charge in [-0.1, -0.05) is 6.07 Å². The molecule has 0 saturated heterocycles. The zero-order valence-corrected chi connectivity index (χ0v) is 11.0. The number of aromatic nitrogens is 1. The van der Waals surface area contributed by atoms with E-state index in [1.807, 2.05) is 24.0 Å². The van der Waals surface area contributed by atoms with Crippen molar-refractivity contribution in [2.24, 2.45) is 0 Å². The fraction of sp³-hybridized carbons (Fsp3) is 0.267. The van der Waals surface area contributed by atoms with E-state index >= 15 is 0 Å². The van der Waals surface area contributed by atoms with Gasteiger partial charge in [-0.25, -0.2) is 9.37 Å². The molecule has 4 heteroatoms.